The number of rotatable bonds is 6. The average molecular weight is 509 g/mol. The normalized spacial score (nSPS) is 12.8. The maximum absolute atomic E-state index is 13.3. The number of anilines is 1. The zero-order valence-corrected chi connectivity index (χ0v) is 18.4. The average Bonchev–Trinajstić information content (AvgIpc) is 3.15. The molecule has 0 aliphatic carbocycles. The molecule has 0 fully saturated rings. The van der Waals surface area contributed by atoms with Gasteiger partial charge in [-0.25, -0.2) is 13.4 Å². The van der Waals surface area contributed by atoms with E-state index in [1.165, 1.54) is 14.0 Å². The molecule has 14 heteroatoms. The van der Waals surface area contributed by atoms with E-state index in [1.807, 2.05) is 0 Å². The number of aromatic nitrogens is 2. The molecular formula is C20H17F6N3O4S. The molecule has 0 atom stereocenters. The van der Waals surface area contributed by atoms with Gasteiger partial charge in [0.05, 0.1) is 16.9 Å². The number of amides is 1. The van der Waals surface area contributed by atoms with Gasteiger partial charge in [-0.3, -0.25) is 14.1 Å². The molecule has 0 unspecified atom stereocenters. The minimum Gasteiger partial charge on any atom is -0.364 e. The fourth-order valence-corrected chi connectivity index (χ4v) is 4.25. The van der Waals surface area contributed by atoms with Crippen LogP contribution in [0.4, 0.5) is 32.0 Å². The van der Waals surface area contributed by atoms with Gasteiger partial charge >= 0.3 is 12.4 Å². The summed E-state index contributed by atoms with van der Waals surface area (Å²) in [6.45, 7) is 0.733. The Balaban J connectivity index is 2.20. The summed E-state index contributed by atoms with van der Waals surface area (Å²) >= 11 is 0. The largest absolute Gasteiger partial charge is 0.417 e. The highest BCUT2D eigenvalue weighted by Crippen LogP contribution is 2.33. The van der Waals surface area contributed by atoms with Crippen LogP contribution in [0, 0.1) is 0 Å². The molecule has 0 spiro atoms. The Labute approximate surface area is 189 Å². The Hall–Kier alpha value is -3.13. The molecule has 3 aromatic rings. The van der Waals surface area contributed by atoms with Crippen molar-refractivity contribution in [1.29, 1.82) is 0 Å². The van der Waals surface area contributed by atoms with Gasteiger partial charge in [-0.05, 0) is 36.4 Å². The van der Waals surface area contributed by atoms with Crippen LogP contribution in [-0.2, 0) is 26.9 Å². The SMILES string of the molecule is CCS(=O)(=O)c1c(C(=O)N(COC)c2ccc(C(F)(F)F)cc2)nc2ccc(C(F)(F)F)cn12. The van der Waals surface area contributed by atoms with Crippen molar-refractivity contribution in [3.63, 3.8) is 0 Å². The molecule has 1 aromatic carbocycles. The fraction of sp³-hybridized carbons (Fsp3) is 0.300. The summed E-state index contributed by atoms with van der Waals surface area (Å²) in [4.78, 5) is 18.1. The van der Waals surface area contributed by atoms with Gasteiger partial charge in [0.2, 0.25) is 0 Å². The van der Waals surface area contributed by atoms with Gasteiger partial charge < -0.3 is 4.74 Å². The maximum Gasteiger partial charge on any atom is 0.417 e. The molecule has 1 amide bonds. The van der Waals surface area contributed by atoms with Gasteiger partial charge in [0.25, 0.3) is 5.91 Å². The first-order valence-electron chi connectivity index (χ1n) is 9.50. The fourth-order valence-electron chi connectivity index (χ4n) is 3.10. The molecule has 0 saturated carbocycles. The van der Waals surface area contributed by atoms with E-state index in [-0.39, 0.29) is 11.3 Å². The van der Waals surface area contributed by atoms with Crippen LogP contribution < -0.4 is 4.90 Å². The van der Waals surface area contributed by atoms with Crippen molar-refractivity contribution < 1.29 is 44.3 Å². The number of fused-ring (bicyclic) bond motifs is 1. The third-order valence-electron chi connectivity index (χ3n) is 4.79. The van der Waals surface area contributed by atoms with E-state index in [0.29, 0.717) is 28.8 Å². The van der Waals surface area contributed by atoms with Gasteiger partial charge in [-0.15, -0.1) is 0 Å². The third kappa shape index (κ3) is 4.87. The second-order valence-electron chi connectivity index (χ2n) is 7.01. The van der Waals surface area contributed by atoms with E-state index < -0.39 is 62.4 Å². The molecule has 0 saturated heterocycles. The van der Waals surface area contributed by atoms with Crippen molar-refractivity contribution in [2.24, 2.45) is 0 Å². The number of hydrogen-bond donors (Lipinski definition) is 0. The minimum atomic E-state index is -4.79. The van der Waals surface area contributed by atoms with E-state index >= 15 is 0 Å². The van der Waals surface area contributed by atoms with Gasteiger partial charge in [-0.2, -0.15) is 26.3 Å². The van der Waals surface area contributed by atoms with Crippen molar-refractivity contribution in [3.8, 4) is 0 Å². The topological polar surface area (TPSA) is 81.0 Å². The second-order valence-corrected chi connectivity index (χ2v) is 9.20. The lowest BCUT2D eigenvalue weighted by Crippen LogP contribution is -2.34. The van der Waals surface area contributed by atoms with Crippen LogP contribution >= 0.6 is 0 Å². The van der Waals surface area contributed by atoms with Crippen molar-refractivity contribution in [2.45, 2.75) is 24.3 Å². The van der Waals surface area contributed by atoms with Crippen LogP contribution in [0.25, 0.3) is 5.65 Å². The van der Waals surface area contributed by atoms with Crippen molar-refractivity contribution in [3.05, 3.63) is 59.4 Å². The van der Waals surface area contributed by atoms with E-state index in [0.717, 1.165) is 23.1 Å². The zero-order valence-electron chi connectivity index (χ0n) is 17.6. The highest BCUT2D eigenvalue weighted by atomic mass is 32.2. The van der Waals surface area contributed by atoms with Gasteiger partial charge in [0.1, 0.15) is 12.4 Å². The summed E-state index contributed by atoms with van der Waals surface area (Å²) in [7, 11) is -3.09. The number of benzene rings is 1. The number of hydrogen-bond acceptors (Lipinski definition) is 5. The Morgan fingerprint density at radius 2 is 1.56 bits per heavy atom. The van der Waals surface area contributed by atoms with E-state index in [4.69, 9.17) is 4.74 Å². The lowest BCUT2D eigenvalue weighted by Gasteiger charge is -2.22. The Bertz CT molecular complexity index is 1320. The van der Waals surface area contributed by atoms with Crippen molar-refractivity contribution in [2.75, 3.05) is 24.5 Å². The highest BCUT2D eigenvalue weighted by Gasteiger charge is 2.35. The van der Waals surface area contributed by atoms with Crippen LogP contribution in [0.3, 0.4) is 0 Å². The van der Waals surface area contributed by atoms with E-state index in [9.17, 15) is 39.6 Å². The van der Waals surface area contributed by atoms with Crippen molar-refractivity contribution >= 4 is 27.1 Å². The predicted molar refractivity (Wildman–Crippen MR) is 108 cm³/mol. The van der Waals surface area contributed by atoms with E-state index in [2.05, 4.69) is 4.98 Å². The summed E-state index contributed by atoms with van der Waals surface area (Å²) < 4.78 is 109. The summed E-state index contributed by atoms with van der Waals surface area (Å²) in [6.07, 6.45) is -8.91. The number of carbonyl (C=O) groups excluding carboxylic acids is 1. The number of nitrogens with zero attached hydrogens (tertiary/aromatic N) is 3. The monoisotopic (exact) mass is 509 g/mol. The Morgan fingerprint density at radius 3 is 2.06 bits per heavy atom. The molecule has 184 valence electrons. The molecule has 0 aliphatic rings. The number of ether oxygens (including phenoxy) is 1. The summed E-state index contributed by atoms with van der Waals surface area (Å²) in [5.74, 6) is -1.65. The molecule has 7 nitrogen and oxygen atoms in total. The molecule has 2 aromatic heterocycles. The molecule has 0 radical (unpaired) electrons. The molecule has 0 bridgehead atoms. The van der Waals surface area contributed by atoms with Crippen LogP contribution in [0.2, 0.25) is 0 Å². The van der Waals surface area contributed by atoms with Crippen LogP contribution in [-0.4, -0.2) is 43.3 Å². The number of halogens is 6. The van der Waals surface area contributed by atoms with Gasteiger partial charge in [-0.1, -0.05) is 6.92 Å². The molecule has 3 rings (SSSR count). The van der Waals surface area contributed by atoms with Crippen LogP contribution in [0.5, 0.6) is 0 Å². The van der Waals surface area contributed by atoms with E-state index in [1.54, 1.807) is 0 Å². The third-order valence-corrected chi connectivity index (χ3v) is 6.53. The van der Waals surface area contributed by atoms with Gasteiger partial charge in [0, 0.05) is 19.0 Å². The molecule has 0 N–H and O–H groups in total. The number of alkyl halides is 6. The van der Waals surface area contributed by atoms with Crippen LogP contribution in [0.1, 0.15) is 28.5 Å². The van der Waals surface area contributed by atoms with Crippen molar-refractivity contribution in [1.82, 2.24) is 9.38 Å². The first-order chi connectivity index (χ1) is 15.7. The summed E-state index contributed by atoms with van der Waals surface area (Å²) in [5.41, 5.74) is -3.16. The first kappa shape index (κ1) is 25.5. The number of pyridine rings is 1. The number of carbonyl (C=O) groups is 1. The molecular weight excluding hydrogens is 492 g/mol. The lowest BCUT2D eigenvalue weighted by atomic mass is 10.2. The predicted octanol–water partition coefficient (Wildman–Crippen LogP) is 4.42. The Morgan fingerprint density at radius 1 is 1.00 bits per heavy atom. The quantitative estimate of drug-likeness (QED) is 0.363. The lowest BCUT2D eigenvalue weighted by molar-refractivity contribution is -0.138. The molecule has 34 heavy (non-hydrogen) atoms. The summed E-state index contributed by atoms with van der Waals surface area (Å²) in [6, 6.07) is 4.98. The number of methoxy groups -OCH3 is 1. The maximum atomic E-state index is 13.3. The smallest absolute Gasteiger partial charge is 0.364 e. The number of sulfone groups is 1. The number of imidazole rings is 1. The highest BCUT2D eigenvalue weighted by molar-refractivity contribution is 7.91. The van der Waals surface area contributed by atoms with Gasteiger partial charge in [0.15, 0.2) is 20.6 Å². The zero-order chi connectivity index (χ0) is 25.5. The van der Waals surface area contributed by atoms with Crippen LogP contribution in [0.15, 0.2) is 47.6 Å². The summed E-state index contributed by atoms with van der Waals surface area (Å²) in [5, 5.41) is -0.769. The standard InChI is InChI=1S/C20H17F6N3O4S/c1-3-34(31,32)18-16(27-15-9-6-13(10-28(15)18)20(24,25)26)17(30)29(11-33-2)14-7-4-12(5-8-14)19(21,22)23/h4-10H,3,11H2,1-2H3. The molecule has 0 aliphatic heterocycles. The second kappa shape index (κ2) is 8.91. The Kier molecular flexibility index (Phi) is 6.68. The first-order valence-corrected chi connectivity index (χ1v) is 11.2. The minimum absolute atomic E-state index is 0.0762. The molecule has 2 heterocycles.